The number of hydrogen-bond acceptors (Lipinski definition) is 6. The fourth-order valence-corrected chi connectivity index (χ4v) is 8.45. The van der Waals surface area contributed by atoms with Gasteiger partial charge in [-0.3, -0.25) is 14.5 Å². The van der Waals surface area contributed by atoms with Crippen molar-refractivity contribution in [3.05, 3.63) is 83.9 Å². The van der Waals surface area contributed by atoms with Crippen LogP contribution in [0.1, 0.15) is 116 Å². The summed E-state index contributed by atoms with van der Waals surface area (Å²) in [5.74, 6) is -3.74. The average Bonchev–Trinajstić information content (AvgIpc) is 3.41. The Balaban J connectivity index is 1.80. The molecule has 2 aromatic carbocycles. The molecule has 3 rings (SSSR count). The van der Waals surface area contributed by atoms with Crippen LogP contribution < -0.4 is 0 Å². The van der Waals surface area contributed by atoms with Crippen LogP contribution in [0.3, 0.4) is 0 Å². The largest absolute Gasteiger partial charge is 0.479 e. The molecule has 2 unspecified atom stereocenters. The maximum absolute atomic E-state index is 14.6. The summed E-state index contributed by atoms with van der Waals surface area (Å²) in [6.07, 6.45) is 14.2. The van der Waals surface area contributed by atoms with Crippen LogP contribution in [-0.2, 0) is 19.1 Å². The summed E-state index contributed by atoms with van der Waals surface area (Å²) < 4.78 is 4.85. The molecule has 1 aliphatic heterocycles. The number of carbonyl (C=O) groups is 3. The molecule has 2 aromatic rings. The van der Waals surface area contributed by atoms with E-state index in [0.717, 1.165) is 68.2 Å². The standard InChI is InChI=1S/C40H57NO6S/c1-5-7-8-12-21-29-47-30-22-13-10-9-11-20-27-34(39(46,28-6-2)37(43)44)36(42)41-35(31(3)4)40(48-38(41)45,32-23-16-14-17-24-32)33-25-18-15-19-26-33/h14-20,23-27,31,34-35,46H,5-13,21-22,28-30H2,1-4H3,(H,43,44)/t34?,35-,39?/m0/s1. The number of benzene rings is 2. The molecule has 0 bridgehead atoms. The van der Waals surface area contributed by atoms with E-state index < -0.39 is 39.4 Å². The van der Waals surface area contributed by atoms with E-state index in [9.17, 15) is 24.6 Å². The average molecular weight is 680 g/mol. The minimum Gasteiger partial charge on any atom is -0.479 e. The van der Waals surface area contributed by atoms with E-state index in [0.29, 0.717) is 12.8 Å². The van der Waals surface area contributed by atoms with Crippen molar-refractivity contribution >= 4 is 28.9 Å². The summed E-state index contributed by atoms with van der Waals surface area (Å²) in [6, 6.07) is 18.8. The number of carbonyl (C=O) groups excluding carboxylic acids is 2. The molecule has 1 heterocycles. The van der Waals surface area contributed by atoms with Gasteiger partial charge in [0.1, 0.15) is 0 Å². The smallest absolute Gasteiger partial charge is 0.336 e. The number of aliphatic carboxylic acids is 1. The number of rotatable bonds is 22. The highest BCUT2D eigenvalue weighted by atomic mass is 32.2. The number of imide groups is 1. The van der Waals surface area contributed by atoms with Gasteiger partial charge in [0.2, 0.25) is 5.91 Å². The Morgan fingerprint density at radius 2 is 1.42 bits per heavy atom. The van der Waals surface area contributed by atoms with Gasteiger partial charge in [-0.2, -0.15) is 0 Å². The first kappa shape index (κ1) is 39.5. The minimum atomic E-state index is -2.35. The van der Waals surface area contributed by atoms with Crippen LogP contribution in [0.4, 0.5) is 4.79 Å². The van der Waals surface area contributed by atoms with Gasteiger partial charge in [0.05, 0.1) is 16.7 Å². The molecule has 1 fully saturated rings. The fraction of sp³-hybridized carbons (Fsp3) is 0.575. The Bertz CT molecular complexity index is 1260. The molecule has 7 nitrogen and oxygen atoms in total. The van der Waals surface area contributed by atoms with Gasteiger partial charge in [-0.1, -0.05) is 145 Å². The van der Waals surface area contributed by atoms with E-state index in [4.69, 9.17) is 4.74 Å². The van der Waals surface area contributed by atoms with E-state index >= 15 is 0 Å². The lowest BCUT2D eigenvalue weighted by Crippen LogP contribution is -2.56. The number of ether oxygens (including phenoxy) is 1. The number of carboxylic acid groups (broad SMARTS) is 1. The molecule has 1 aliphatic rings. The summed E-state index contributed by atoms with van der Waals surface area (Å²) >= 11 is 1.09. The van der Waals surface area contributed by atoms with Crippen molar-refractivity contribution in [2.45, 2.75) is 121 Å². The van der Waals surface area contributed by atoms with Gasteiger partial charge < -0.3 is 14.9 Å². The summed E-state index contributed by atoms with van der Waals surface area (Å²) in [7, 11) is 0. The van der Waals surface area contributed by atoms with Crippen LogP contribution in [0.25, 0.3) is 0 Å². The lowest BCUT2D eigenvalue weighted by molar-refractivity contribution is -0.169. The Morgan fingerprint density at radius 1 is 0.875 bits per heavy atom. The predicted octanol–water partition coefficient (Wildman–Crippen LogP) is 9.38. The molecule has 0 aliphatic carbocycles. The number of amides is 2. The fourth-order valence-electron chi connectivity index (χ4n) is 6.87. The molecule has 2 amide bonds. The van der Waals surface area contributed by atoms with E-state index in [1.54, 1.807) is 13.0 Å². The molecule has 264 valence electrons. The second-order valence-electron chi connectivity index (χ2n) is 13.3. The van der Waals surface area contributed by atoms with E-state index in [-0.39, 0.29) is 12.3 Å². The van der Waals surface area contributed by atoms with Crippen LogP contribution in [0.2, 0.25) is 0 Å². The zero-order valence-corrected chi connectivity index (χ0v) is 30.3. The number of unbranched alkanes of at least 4 members (excludes halogenated alkanes) is 8. The van der Waals surface area contributed by atoms with Crippen molar-refractivity contribution in [3.63, 3.8) is 0 Å². The molecular weight excluding hydrogens is 623 g/mol. The highest BCUT2D eigenvalue weighted by molar-refractivity contribution is 8.15. The van der Waals surface area contributed by atoms with Gasteiger partial charge in [-0.15, -0.1) is 0 Å². The molecule has 2 N–H and O–H groups in total. The maximum atomic E-state index is 14.6. The van der Waals surface area contributed by atoms with Gasteiger partial charge in [-0.25, -0.2) is 4.79 Å². The van der Waals surface area contributed by atoms with Crippen molar-refractivity contribution in [2.75, 3.05) is 13.2 Å². The van der Waals surface area contributed by atoms with E-state index in [1.165, 1.54) is 36.7 Å². The summed E-state index contributed by atoms with van der Waals surface area (Å²) in [4.78, 5) is 42.6. The molecular formula is C40H57NO6S. The maximum Gasteiger partial charge on any atom is 0.336 e. The van der Waals surface area contributed by atoms with Crippen molar-refractivity contribution < 1.29 is 29.3 Å². The van der Waals surface area contributed by atoms with E-state index in [2.05, 4.69) is 6.92 Å². The highest BCUT2D eigenvalue weighted by Gasteiger charge is 2.60. The normalized spacial score (nSPS) is 18.0. The second-order valence-corrected chi connectivity index (χ2v) is 14.5. The number of carboxylic acids is 1. The molecule has 1 saturated heterocycles. The number of aliphatic hydroxyl groups is 1. The third-order valence-electron chi connectivity index (χ3n) is 9.33. The summed E-state index contributed by atoms with van der Waals surface area (Å²) in [5.41, 5.74) is -0.585. The predicted molar refractivity (Wildman–Crippen MR) is 195 cm³/mol. The summed E-state index contributed by atoms with van der Waals surface area (Å²) in [5, 5.41) is 21.5. The van der Waals surface area contributed by atoms with Crippen LogP contribution in [0.15, 0.2) is 72.8 Å². The van der Waals surface area contributed by atoms with Crippen LogP contribution >= 0.6 is 11.8 Å². The highest BCUT2D eigenvalue weighted by Crippen LogP contribution is 2.56. The molecule has 8 heteroatoms. The van der Waals surface area contributed by atoms with E-state index in [1.807, 2.05) is 74.5 Å². The Hall–Kier alpha value is -2.94. The molecule has 0 saturated carbocycles. The SMILES string of the molecule is CCCCCCCOCCCCCCC=CC(C(=O)N1C(=O)SC(c2ccccc2)(c2ccccc2)[C@@H]1C(C)C)C(O)(CCC)C(=O)O. The minimum absolute atomic E-state index is 0.119. The van der Waals surface area contributed by atoms with Crippen molar-refractivity contribution in [1.82, 2.24) is 4.90 Å². The van der Waals surface area contributed by atoms with Crippen LogP contribution in [0.5, 0.6) is 0 Å². The van der Waals surface area contributed by atoms with Crippen molar-refractivity contribution in [1.29, 1.82) is 0 Å². The number of allylic oxidation sites excluding steroid dienone is 1. The Morgan fingerprint density at radius 3 is 1.92 bits per heavy atom. The molecule has 3 atom stereocenters. The van der Waals surface area contributed by atoms with Crippen LogP contribution in [-0.4, -0.2) is 57.1 Å². The number of hydrogen-bond donors (Lipinski definition) is 2. The first-order valence-corrected chi connectivity index (χ1v) is 18.8. The summed E-state index contributed by atoms with van der Waals surface area (Å²) in [6.45, 7) is 9.52. The zero-order chi connectivity index (χ0) is 35.0. The topological polar surface area (TPSA) is 104 Å². The second kappa shape index (κ2) is 19.9. The Kier molecular flexibility index (Phi) is 16.4. The monoisotopic (exact) mass is 679 g/mol. The van der Waals surface area contributed by atoms with Gasteiger partial charge in [0, 0.05) is 13.2 Å². The van der Waals surface area contributed by atoms with Gasteiger partial charge in [-0.05, 0) is 60.9 Å². The lowest BCUT2D eigenvalue weighted by Gasteiger charge is -2.41. The van der Waals surface area contributed by atoms with Crippen molar-refractivity contribution in [2.24, 2.45) is 11.8 Å². The number of nitrogens with zero attached hydrogens (tertiary/aromatic N) is 1. The molecule has 0 spiro atoms. The van der Waals surface area contributed by atoms with Crippen LogP contribution in [0, 0.1) is 11.8 Å². The molecule has 0 radical (unpaired) electrons. The lowest BCUT2D eigenvalue weighted by atomic mass is 9.77. The first-order chi connectivity index (χ1) is 23.1. The van der Waals surface area contributed by atoms with Gasteiger partial charge in [0.15, 0.2) is 5.60 Å². The Labute approximate surface area is 292 Å². The van der Waals surface area contributed by atoms with Gasteiger partial charge >= 0.3 is 5.97 Å². The number of thioether (sulfide) groups is 1. The first-order valence-electron chi connectivity index (χ1n) is 18.0. The molecule has 48 heavy (non-hydrogen) atoms. The quantitative estimate of drug-likeness (QED) is 0.0944. The zero-order valence-electron chi connectivity index (χ0n) is 29.4. The third kappa shape index (κ3) is 9.82. The van der Waals surface area contributed by atoms with Crippen molar-refractivity contribution in [3.8, 4) is 0 Å². The molecule has 0 aromatic heterocycles. The van der Waals surface area contributed by atoms with Gasteiger partial charge in [0.25, 0.3) is 5.24 Å². The third-order valence-corrected chi connectivity index (χ3v) is 10.7.